The molecule has 1 amide bonds. The molecular weight excluding hydrogens is 318 g/mol. The third kappa shape index (κ3) is 10.3. The Kier molecular flexibility index (Phi) is 11.9. The van der Waals surface area contributed by atoms with Crippen LogP contribution < -0.4 is 0 Å². The van der Waals surface area contributed by atoms with Gasteiger partial charge in [0.1, 0.15) is 0 Å². The van der Waals surface area contributed by atoms with Crippen LogP contribution in [0.15, 0.2) is 5.16 Å². The SMILES string of the molecule is CCCCN(CCCC)SN(C)C(=O)O/N=C/C(C)(C)SC. The molecule has 0 bridgehead atoms. The number of rotatable bonds is 11. The Morgan fingerprint density at radius 1 is 1.23 bits per heavy atom. The van der Waals surface area contributed by atoms with E-state index < -0.39 is 6.09 Å². The van der Waals surface area contributed by atoms with E-state index in [-0.39, 0.29) is 4.75 Å². The molecular formula is C15H31N3O2S2. The number of carbonyl (C=O) groups is 1. The number of amides is 1. The highest BCUT2D eigenvalue weighted by Gasteiger charge is 2.17. The Balaban J connectivity index is 4.33. The Morgan fingerprint density at radius 3 is 2.23 bits per heavy atom. The van der Waals surface area contributed by atoms with Gasteiger partial charge in [-0.15, -0.1) is 0 Å². The predicted molar refractivity (Wildman–Crippen MR) is 99.3 cm³/mol. The monoisotopic (exact) mass is 349 g/mol. The molecule has 22 heavy (non-hydrogen) atoms. The molecule has 5 nitrogen and oxygen atoms in total. The lowest BCUT2D eigenvalue weighted by molar-refractivity contribution is 0.136. The second kappa shape index (κ2) is 12.1. The van der Waals surface area contributed by atoms with E-state index in [1.54, 1.807) is 25.0 Å². The molecule has 0 N–H and O–H groups in total. The summed E-state index contributed by atoms with van der Waals surface area (Å²) < 4.78 is 3.57. The topological polar surface area (TPSA) is 45.1 Å². The van der Waals surface area contributed by atoms with E-state index in [0.717, 1.165) is 38.8 Å². The summed E-state index contributed by atoms with van der Waals surface area (Å²) in [5.74, 6) is 0. The summed E-state index contributed by atoms with van der Waals surface area (Å²) in [4.78, 5) is 16.9. The van der Waals surface area contributed by atoms with Crippen LogP contribution in [0.2, 0.25) is 0 Å². The maximum absolute atomic E-state index is 11.9. The first-order valence-corrected chi connectivity index (χ1v) is 9.79. The van der Waals surface area contributed by atoms with Crippen molar-refractivity contribution in [2.75, 3.05) is 26.4 Å². The standard InChI is InChI=1S/C15H31N3O2S2/c1-7-9-11-18(12-10-8-2)22-17(5)14(19)20-16-13-15(3,4)21-6/h13H,7-12H2,1-6H3/b16-13+. The van der Waals surface area contributed by atoms with Crippen molar-refractivity contribution in [3.8, 4) is 0 Å². The van der Waals surface area contributed by atoms with Crippen molar-refractivity contribution in [1.82, 2.24) is 8.61 Å². The van der Waals surface area contributed by atoms with Gasteiger partial charge in [0.2, 0.25) is 0 Å². The van der Waals surface area contributed by atoms with Gasteiger partial charge in [0, 0.05) is 37.0 Å². The molecule has 0 aromatic carbocycles. The fourth-order valence-electron chi connectivity index (χ4n) is 1.38. The number of carbonyl (C=O) groups excluding carboxylic acids is 1. The van der Waals surface area contributed by atoms with Gasteiger partial charge in [-0.1, -0.05) is 31.8 Å². The quantitative estimate of drug-likeness (QED) is 0.235. The van der Waals surface area contributed by atoms with Gasteiger partial charge in [-0.25, -0.2) is 13.4 Å². The minimum absolute atomic E-state index is 0.139. The smallest absolute Gasteiger partial charge is 0.298 e. The van der Waals surface area contributed by atoms with Crippen LogP contribution in [0, 0.1) is 0 Å². The fraction of sp³-hybridized carbons (Fsp3) is 0.867. The number of thioether (sulfide) groups is 1. The van der Waals surface area contributed by atoms with Gasteiger partial charge in [-0.3, -0.25) is 4.84 Å². The highest BCUT2D eigenvalue weighted by Crippen LogP contribution is 2.19. The van der Waals surface area contributed by atoms with Crippen LogP contribution >= 0.6 is 23.9 Å². The van der Waals surface area contributed by atoms with Gasteiger partial charge < -0.3 is 0 Å². The van der Waals surface area contributed by atoms with Gasteiger partial charge in [0.15, 0.2) is 0 Å². The van der Waals surface area contributed by atoms with Crippen LogP contribution in [-0.4, -0.2) is 52.1 Å². The lowest BCUT2D eigenvalue weighted by atomic mass is 10.2. The van der Waals surface area contributed by atoms with Gasteiger partial charge in [-0.2, -0.15) is 11.8 Å². The van der Waals surface area contributed by atoms with Gasteiger partial charge in [-0.05, 0) is 32.9 Å². The first kappa shape index (κ1) is 21.6. The van der Waals surface area contributed by atoms with Crippen molar-refractivity contribution >= 4 is 36.2 Å². The normalized spacial score (nSPS) is 12.1. The Labute approximate surface area is 144 Å². The summed E-state index contributed by atoms with van der Waals surface area (Å²) in [6.07, 6.45) is 7.74. The van der Waals surface area contributed by atoms with Crippen LogP contribution in [0.25, 0.3) is 0 Å². The fourth-order valence-corrected chi connectivity index (χ4v) is 2.39. The van der Waals surface area contributed by atoms with Crippen LogP contribution in [0.4, 0.5) is 4.79 Å². The summed E-state index contributed by atoms with van der Waals surface area (Å²) in [6.45, 7) is 10.3. The number of hydrogen-bond donors (Lipinski definition) is 0. The highest BCUT2D eigenvalue weighted by molar-refractivity contribution is 8.00. The molecule has 0 aliphatic rings. The van der Waals surface area contributed by atoms with Crippen LogP contribution in [-0.2, 0) is 4.84 Å². The average molecular weight is 350 g/mol. The number of oxime groups is 1. The molecule has 0 fully saturated rings. The number of hydrogen-bond acceptors (Lipinski definition) is 6. The minimum atomic E-state index is -0.448. The maximum Gasteiger partial charge on any atom is 0.446 e. The zero-order valence-corrected chi connectivity index (χ0v) is 16.4. The molecule has 0 radical (unpaired) electrons. The zero-order valence-electron chi connectivity index (χ0n) is 14.8. The van der Waals surface area contributed by atoms with E-state index in [0.29, 0.717) is 0 Å². The van der Waals surface area contributed by atoms with Crippen molar-refractivity contribution in [2.24, 2.45) is 5.16 Å². The average Bonchev–Trinajstić information content (AvgIpc) is 2.49. The first-order valence-electron chi connectivity index (χ1n) is 7.83. The lowest BCUT2D eigenvalue weighted by Crippen LogP contribution is -2.28. The van der Waals surface area contributed by atoms with Gasteiger partial charge >= 0.3 is 6.09 Å². The molecule has 0 saturated heterocycles. The van der Waals surface area contributed by atoms with Crippen molar-refractivity contribution in [2.45, 2.75) is 58.1 Å². The molecule has 0 atom stereocenters. The molecule has 130 valence electrons. The summed E-state index contributed by atoms with van der Waals surface area (Å²) in [5.41, 5.74) is 0. The number of nitrogens with zero attached hydrogens (tertiary/aromatic N) is 3. The highest BCUT2D eigenvalue weighted by atomic mass is 32.2. The van der Waals surface area contributed by atoms with E-state index in [1.807, 2.05) is 20.1 Å². The molecule has 0 heterocycles. The molecule has 0 saturated carbocycles. The second-order valence-corrected chi connectivity index (χ2v) is 8.30. The van der Waals surface area contributed by atoms with E-state index in [4.69, 9.17) is 4.84 Å². The molecule has 0 aromatic heterocycles. The maximum atomic E-state index is 11.9. The second-order valence-electron chi connectivity index (χ2n) is 5.61. The third-order valence-corrected chi connectivity index (χ3v) is 5.19. The largest absolute Gasteiger partial charge is 0.446 e. The van der Waals surface area contributed by atoms with E-state index in [9.17, 15) is 4.79 Å². The lowest BCUT2D eigenvalue weighted by Gasteiger charge is -2.24. The molecule has 0 spiro atoms. The number of unbranched alkanes of at least 4 members (excludes halogenated alkanes) is 2. The van der Waals surface area contributed by atoms with Crippen LogP contribution in [0.1, 0.15) is 53.4 Å². The molecule has 0 unspecified atom stereocenters. The van der Waals surface area contributed by atoms with Crippen LogP contribution in [0.3, 0.4) is 0 Å². The van der Waals surface area contributed by atoms with Crippen molar-refractivity contribution in [3.05, 3.63) is 0 Å². The van der Waals surface area contributed by atoms with E-state index in [2.05, 4.69) is 23.3 Å². The van der Waals surface area contributed by atoms with Crippen molar-refractivity contribution < 1.29 is 9.63 Å². The first-order chi connectivity index (χ1) is 10.4. The summed E-state index contributed by atoms with van der Waals surface area (Å²) in [6, 6.07) is 0. The van der Waals surface area contributed by atoms with Gasteiger partial charge in [0.05, 0.1) is 6.21 Å². The molecule has 0 aliphatic carbocycles. The predicted octanol–water partition coefficient (Wildman–Crippen LogP) is 4.65. The third-order valence-electron chi connectivity index (χ3n) is 3.04. The Morgan fingerprint density at radius 2 is 1.77 bits per heavy atom. The van der Waals surface area contributed by atoms with E-state index >= 15 is 0 Å². The summed E-state index contributed by atoms with van der Waals surface area (Å²) >= 11 is 3.06. The molecule has 0 aliphatic heterocycles. The summed E-state index contributed by atoms with van der Waals surface area (Å²) in [5, 5.41) is 3.80. The molecule has 0 aromatic rings. The molecule has 7 heteroatoms. The van der Waals surface area contributed by atoms with E-state index in [1.165, 1.54) is 16.4 Å². The van der Waals surface area contributed by atoms with Crippen molar-refractivity contribution in [3.63, 3.8) is 0 Å². The zero-order chi connectivity index (χ0) is 17.0. The van der Waals surface area contributed by atoms with Crippen molar-refractivity contribution in [1.29, 1.82) is 0 Å². The Hall–Kier alpha value is -0.400. The van der Waals surface area contributed by atoms with Crippen LogP contribution in [0.5, 0.6) is 0 Å². The molecule has 0 rings (SSSR count). The van der Waals surface area contributed by atoms with Gasteiger partial charge in [0.25, 0.3) is 0 Å². The Bertz CT molecular complexity index is 331. The minimum Gasteiger partial charge on any atom is -0.298 e. The summed E-state index contributed by atoms with van der Waals surface area (Å²) in [7, 11) is 1.72.